The highest BCUT2D eigenvalue weighted by molar-refractivity contribution is 6.33. The van der Waals surface area contributed by atoms with Gasteiger partial charge < -0.3 is 14.8 Å². The number of hydrogen-bond acceptors (Lipinski definition) is 4. The van der Waals surface area contributed by atoms with E-state index in [0.29, 0.717) is 34.9 Å². The van der Waals surface area contributed by atoms with Crippen LogP contribution in [0.25, 0.3) is 22.4 Å². The highest BCUT2D eigenvalue weighted by atomic mass is 35.5. The number of pyridine rings is 1. The van der Waals surface area contributed by atoms with Gasteiger partial charge in [-0.1, -0.05) is 60.2 Å². The first-order valence-corrected chi connectivity index (χ1v) is 10.3. The van der Waals surface area contributed by atoms with Gasteiger partial charge >= 0.3 is 0 Å². The molecular formula is C23H22ClN3O2. The van der Waals surface area contributed by atoms with Crippen LogP contribution in [0.5, 0.6) is 6.01 Å². The van der Waals surface area contributed by atoms with Crippen LogP contribution in [-0.4, -0.2) is 33.3 Å². The molecule has 0 amide bonds. The highest BCUT2D eigenvalue weighted by Crippen LogP contribution is 2.45. The van der Waals surface area contributed by atoms with Gasteiger partial charge in [0.1, 0.15) is 0 Å². The molecule has 2 heterocycles. The summed E-state index contributed by atoms with van der Waals surface area (Å²) in [6, 6.07) is 10.6. The summed E-state index contributed by atoms with van der Waals surface area (Å²) in [4.78, 5) is 12.2. The molecule has 1 saturated carbocycles. The van der Waals surface area contributed by atoms with Gasteiger partial charge in [0, 0.05) is 16.9 Å². The lowest BCUT2D eigenvalue weighted by Crippen LogP contribution is -2.17. The van der Waals surface area contributed by atoms with Gasteiger partial charge in [0.25, 0.3) is 6.01 Å². The maximum absolute atomic E-state index is 9.43. The minimum absolute atomic E-state index is 0.0970. The van der Waals surface area contributed by atoms with Crippen LogP contribution >= 0.6 is 11.6 Å². The lowest BCUT2D eigenvalue weighted by atomic mass is 9.92. The van der Waals surface area contributed by atoms with Gasteiger partial charge in [-0.15, -0.1) is 0 Å². The van der Waals surface area contributed by atoms with Gasteiger partial charge in [-0.25, -0.2) is 4.98 Å². The summed E-state index contributed by atoms with van der Waals surface area (Å²) in [5.74, 6) is 0.416. The second kappa shape index (κ2) is 7.32. The average molecular weight is 408 g/mol. The van der Waals surface area contributed by atoms with Crippen LogP contribution in [0.2, 0.25) is 5.02 Å². The van der Waals surface area contributed by atoms with E-state index in [-0.39, 0.29) is 12.0 Å². The number of benzene rings is 1. The number of ether oxygens (including phenoxy) is 1. The van der Waals surface area contributed by atoms with E-state index >= 15 is 0 Å². The zero-order chi connectivity index (χ0) is 19.8. The lowest BCUT2D eigenvalue weighted by Gasteiger charge is -2.14. The number of aliphatic hydroxyl groups excluding tert-OH is 1. The quantitative estimate of drug-likeness (QED) is 0.601. The van der Waals surface area contributed by atoms with E-state index in [4.69, 9.17) is 16.3 Å². The molecule has 1 unspecified atom stereocenters. The van der Waals surface area contributed by atoms with Gasteiger partial charge in [0.15, 0.2) is 5.65 Å². The number of aromatic nitrogens is 3. The van der Waals surface area contributed by atoms with Gasteiger partial charge in [0.05, 0.1) is 29.4 Å². The number of hydrogen-bond donors (Lipinski definition) is 2. The van der Waals surface area contributed by atoms with E-state index in [0.717, 1.165) is 30.3 Å². The lowest BCUT2D eigenvalue weighted by molar-refractivity contribution is 0.141. The standard InChI is InChI=1S/C23H22ClN3O2/c24-18-12-19-21(27-22(25-19)29-14-23(13-28)10-11-23)26-20(18)17-8-6-16(7-9-17)15-4-2-1-3-5-15/h1-4,6-9,12,15,28H,5,10-11,13-14H2,(H,25,26,27). The first-order chi connectivity index (χ1) is 14.2. The SMILES string of the molecule is OCC1(COc2nc3nc(-c4ccc(C5C=CC=CC5)cc4)c(Cl)cc3[nH]2)CC1. The molecule has 1 aromatic carbocycles. The third-order valence-corrected chi connectivity index (χ3v) is 6.09. The van der Waals surface area contributed by atoms with Gasteiger partial charge in [-0.2, -0.15) is 4.98 Å². The number of aromatic amines is 1. The molecule has 0 saturated heterocycles. The summed E-state index contributed by atoms with van der Waals surface area (Å²) < 4.78 is 5.76. The summed E-state index contributed by atoms with van der Waals surface area (Å²) in [6.07, 6.45) is 11.6. The molecule has 5 nitrogen and oxygen atoms in total. The largest absolute Gasteiger partial charge is 0.464 e. The molecule has 5 rings (SSSR count). The number of imidazole rings is 1. The van der Waals surface area contributed by atoms with Crippen molar-refractivity contribution in [2.75, 3.05) is 13.2 Å². The van der Waals surface area contributed by atoms with E-state index in [1.54, 1.807) is 0 Å². The van der Waals surface area contributed by atoms with E-state index in [1.807, 2.05) is 6.07 Å². The Morgan fingerprint density at radius 3 is 2.69 bits per heavy atom. The number of aliphatic hydroxyl groups is 1. The number of halogens is 1. The Morgan fingerprint density at radius 1 is 1.17 bits per heavy atom. The normalized spacial score (nSPS) is 19.6. The minimum atomic E-state index is -0.0970. The Labute approximate surface area is 174 Å². The molecule has 2 N–H and O–H groups in total. The molecule has 29 heavy (non-hydrogen) atoms. The summed E-state index contributed by atoms with van der Waals surface area (Å²) in [5.41, 5.74) is 4.15. The van der Waals surface area contributed by atoms with Crippen molar-refractivity contribution in [2.45, 2.75) is 25.2 Å². The van der Waals surface area contributed by atoms with Crippen molar-refractivity contribution in [3.05, 3.63) is 65.2 Å². The average Bonchev–Trinajstić information content (AvgIpc) is 3.45. The Kier molecular flexibility index (Phi) is 4.64. The molecule has 3 aromatic rings. The Bertz CT molecular complexity index is 1100. The van der Waals surface area contributed by atoms with Gasteiger partial charge in [-0.05, 0) is 30.9 Å². The van der Waals surface area contributed by atoms with E-state index < -0.39 is 0 Å². The van der Waals surface area contributed by atoms with Crippen LogP contribution in [-0.2, 0) is 0 Å². The first kappa shape index (κ1) is 18.4. The van der Waals surface area contributed by atoms with Crippen molar-refractivity contribution >= 4 is 22.8 Å². The molecule has 0 bridgehead atoms. The predicted molar refractivity (Wildman–Crippen MR) is 114 cm³/mol. The molecule has 0 aliphatic heterocycles. The van der Waals surface area contributed by atoms with Crippen molar-refractivity contribution in [1.29, 1.82) is 0 Å². The summed E-state index contributed by atoms with van der Waals surface area (Å²) in [7, 11) is 0. The number of fused-ring (bicyclic) bond motifs is 1. The number of rotatable bonds is 6. The maximum Gasteiger partial charge on any atom is 0.296 e. The fraction of sp³-hybridized carbons (Fsp3) is 0.304. The molecule has 0 radical (unpaired) electrons. The second-order valence-corrected chi connectivity index (χ2v) is 8.36. The van der Waals surface area contributed by atoms with Gasteiger partial charge in [0.2, 0.25) is 0 Å². The minimum Gasteiger partial charge on any atom is -0.464 e. The molecule has 2 aliphatic rings. The second-order valence-electron chi connectivity index (χ2n) is 7.96. The summed E-state index contributed by atoms with van der Waals surface area (Å²) in [5, 5.41) is 9.99. The van der Waals surface area contributed by atoms with Crippen molar-refractivity contribution in [3.63, 3.8) is 0 Å². The van der Waals surface area contributed by atoms with E-state index in [9.17, 15) is 5.11 Å². The third-order valence-electron chi connectivity index (χ3n) is 5.81. The van der Waals surface area contributed by atoms with Crippen LogP contribution in [0.4, 0.5) is 0 Å². The Balaban J connectivity index is 1.38. The third kappa shape index (κ3) is 3.68. The van der Waals surface area contributed by atoms with Crippen LogP contribution in [0.15, 0.2) is 54.6 Å². The fourth-order valence-corrected chi connectivity index (χ4v) is 3.89. The predicted octanol–water partition coefficient (Wildman–Crippen LogP) is 5.03. The van der Waals surface area contributed by atoms with Crippen molar-refractivity contribution in [1.82, 2.24) is 15.0 Å². The van der Waals surface area contributed by atoms with E-state index in [1.165, 1.54) is 5.56 Å². The Hall–Kier alpha value is -2.63. The monoisotopic (exact) mass is 407 g/mol. The smallest absolute Gasteiger partial charge is 0.296 e. The highest BCUT2D eigenvalue weighted by Gasteiger charge is 2.43. The zero-order valence-electron chi connectivity index (χ0n) is 15.9. The van der Waals surface area contributed by atoms with Crippen molar-refractivity contribution in [2.24, 2.45) is 5.41 Å². The number of nitrogens with zero attached hydrogens (tertiary/aromatic N) is 2. The first-order valence-electron chi connectivity index (χ1n) is 9.89. The molecule has 2 aliphatic carbocycles. The van der Waals surface area contributed by atoms with Crippen molar-refractivity contribution < 1.29 is 9.84 Å². The Morgan fingerprint density at radius 2 is 2.00 bits per heavy atom. The molecule has 6 heteroatoms. The number of nitrogens with one attached hydrogen (secondary N) is 1. The van der Waals surface area contributed by atoms with Crippen LogP contribution in [0, 0.1) is 5.41 Å². The fourth-order valence-electron chi connectivity index (χ4n) is 3.63. The molecular weight excluding hydrogens is 386 g/mol. The molecule has 2 aromatic heterocycles. The topological polar surface area (TPSA) is 71.0 Å². The van der Waals surface area contributed by atoms with Crippen LogP contribution in [0.3, 0.4) is 0 Å². The number of H-pyrrole nitrogens is 1. The molecule has 1 atom stereocenters. The summed E-state index contributed by atoms with van der Waals surface area (Å²) in [6.45, 7) is 0.598. The molecule has 148 valence electrons. The van der Waals surface area contributed by atoms with E-state index in [2.05, 4.69) is 63.5 Å². The van der Waals surface area contributed by atoms with Crippen LogP contribution in [0.1, 0.15) is 30.7 Å². The molecule has 1 fully saturated rings. The van der Waals surface area contributed by atoms with Crippen molar-refractivity contribution in [3.8, 4) is 17.3 Å². The zero-order valence-corrected chi connectivity index (χ0v) is 16.7. The number of allylic oxidation sites excluding steroid dienone is 4. The molecule has 0 spiro atoms. The maximum atomic E-state index is 9.43. The summed E-state index contributed by atoms with van der Waals surface area (Å²) >= 11 is 6.51. The van der Waals surface area contributed by atoms with Gasteiger partial charge in [-0.3, -0.25) is 0 Å². The van der Waals surface area contributed by atoms with Crippen LogP contribution < -0.4 is 4.74 Å².